The molecule has 0 radical (unpaired) electrons. The smallest absolute Gasteiger partial charge is 0.318 e. The summed E-state index contributed by atoms with van der Waals surface area (Å²) in [4.78, 5) is 9.63. The van der Waals surface area contributed by atoms with Crippen LogP contribution in [0.3, 0.4) is 0 Å². The van der Waals surface area contributed by atoms with E-state index in [1.54, 1.807) is 0 Å². The molecule has 0 aromatic rings. The third-order valence-electron chi connectivity index (χ3n) is 0.510. The van der Waals surface area contributed by atoms with Gasteiger partial charge in [-0.15, -0.1) is 0 Å². The number of carbonyl (C=O) groups is 1. The van der Waals surface area contributed by atoms with E-state index in [0.29, 0.717) is 0 Å². The zero-order valence-corrected chi connectivity index (χ0v) is 5.19. The van der Waals surface area contributed by atoms with Gasteiger partial charge in [-0.1, -0.05) is 0 Å². The number of hydrogen-bond donors (Lipinski definition) is 1. The van der Waals surface area contributed by atoms with Crippen molar-refractivity contribution >= 4 is 15.8 Å². The Hall–Kier alpha value is -0.650. The minimum Gasteiger partial charge on any atom is -0.480 e. The van der Waals surface area contributed by atoms with Crippen molar-refractivity contribution in [1.29, 1.82) is 0 Å². The largest absolute Gasteiger partial charge is 0.480 e. The highest BCUT2D eigenvalue weighted by atomic mass is 32.2. The molecule has 4 nitrogen and oxygen atoms in total. The molecule has 0 aliphatic carbocycles. The molecule has 0 aliphatic rings. The molecule has 6 heteroatoms. The van der Waals surface area contributed by atoms with Crippen molar-refractivity contribution in [3.05, 3.63) is 0 Å². The lowest BCUT2D eigenvalue weighted by molar-refractivity contribution is -0.134. The van der Waals surface area contributed by atoms with Crippen LogP contribution in [-0.4, -0.2) is 31.3 Å². The fourth-order valence-corrected chi connectivity index (χ4v) is 0.680. The van der Waals surface area contributed by atoms with Gasteiger partial charge >= 0.3 is 5.97 Å². The van der Waals surface area contributed by atoms with Crippen LogP contribution in [0.2, 0.25) is 0 Å². The Labute approximate surface area is 51.2 Å². The van der Waals surface area contributed by atoms with Crippen LogP contribution in [0.5, 0.6) is 0 Å². The van der Waals surface area contributed by atoms with Gasteiger partial charge in [0.1, 0.15) is 0 Å². The van der Waals surface area contributed by atoms with Crippen LogP contribution < -0.4 is 0 Å². The summed E-state index contributed by atoms with van der Waals surface area (Å²) in [6.45, 7) is 0. The van der Waals surface area contributed by atoms with Crippen LogP contribution in [0.15, 0.2) is 0 Å². The molecular weight excluding hydrogens is 151 g/mol. The maximum Gasteiger partial charge on any atom is 0.318 e. The summed E-state index contributed by atoms with van der Waals surface area (Å²) in [6.07, 6.45) is 0. The molecule has 0 rings (SSSR count). The van der Waals surface area contributed by atoms with Crippen LogP contribution in [0.1, 0.15) is 0 Å². The van der Waals surface area contributed by atoms with Crippen LogP contribution >= 0.6 is 0 Å². The second-order valence-electron chi connectivity index (χ2n) is 1.39. The van der Waals surface area contributed by atoms with E-state index >= 15 is 0 Å². The fraction of sp³-hybridized carbons (Fsp3) is 0.667. The predicted molar refractivity (Wildman–Crippen MR) is 27.4 cm³/mol. The SMILES string of the molecule is O=C(O)CS(=O)(=O)CF. The molecule has 0 unspecified atom stereocenters. The number of halogens is 1. The maximum atomic E-state index is 11.3. The van der Waals surface area contributed by atoms with Crippen LogP contribution in [0.25, 0.3) is 0 Å². The Morgan fingerprint density at radius 1 is 1.56 bits per heavy atom. The molecule has 0 aliphatic heterocycles. The van der Waals surface area contributed by atoms with Crippen molar-refractivity contribution in [2.24, 2.45) is 0 Å². The molecule has 0 fully saturated rings. The van der Waals surface area contributed by atoms with Crippen LogP contribution in [-0.2, 0) is 14.6 Å². The van der Waals surface area contributed by atoms with Crippen molar-refractivity contribution in [2.75, 3.05) is 11.8 Å². The summed E-state index contributed by atoms with van der Waals surface area (Å²) >= 11 is 0. The summed E-state index contributed by atoms with van der Waals surface area (Å²) in [5.74, 6) is -2.67. The average molecular weight is 156 g/mol. The third-order valence-corrected chi connectivity index (χ3v) is 1.53. The second-order valence-corrected chi connectivity index (χ2v) is 3.38. The second kappa shape index (κ2) is 2.77. The normalized spacial score (nSPS) is 11.2. The Kier molecular flexibility index (Phi) is 2.57. The molecule has 0 aromatic heterocycles. The van der Waals surface area contributed by atoms with Gasteiger partial charge in [-0.25, -0.2) is 12.8 Å². The highest BCUT2D eigenvalue weighted by Crippen LogP contribution is 1.88. The maximum absolute atomic E-state index is 11.3. The van der Waals surface area contributed by atoms with Gasteiger partial charge in [-0.05, 0) is 0 Å². The molecule has 0 saturated heterocycles. The summed E-state index contributed by atoms with van der Waals surface area (Å²) in [5, 5.41) is 7.83. The Bertz CT molecular complexity index is 194. The number of carboxylic acid groups (broad SMARTS) is 1. The molecular formula is C3H5FO4S. The van der Waals surface area contributed by atoms with Gasteiger partial charge in [-0.2, -0.15) is 0 Å². The third kappa shape index (κ3) is 3.89. The first-order chi connectivity index (χ1) is 3.98. The first kappa shape index (κ1) is 8.35. The molecule has 0 heterocycles. The average Bonchev–Trinajstić information content (AvgIpc) is 1.63. The van der Waals surface area contributed by atoms with E-state index < -0.39 is 27.6 Å². The summed E-state index contributed by atoms with van der Waals surface area (Å²) < 4.78 is 31.4. The van der Waals surface area contributed by atoms with E-state index in [9.17, 15) is 17.6 Å². The first-order valence-corrected chi connectivity index (χ1v) is 3.78. The topological polar surface area (TPSA) is 71.4 Å². The molecule has 9 heavy (non-hydrogen) atoms. The lowest BCUT2D eigenvalue weighted by atomic mass is 10.8. The van der Waals surface area contributed by atoms with Gasteiger partial charge in [0.15, 0.2) is 21.6 Å². The minimum atomic E-state index is -3.98. The number of aliphatic carboxylic acids is 1. The van der Waals surface area contributed by atoms with Crippen molar-refractivity contribution in [3.8, 4) is 0 Å². The van der Waals surface area contributed by atoms with Crippen LogP contribution in [0, 0.1) is 0 Å². The van der Waals surface area contributed by atoms with E-state index in [1.165, 1.54) is 0 Å². The van der Waals surface area contributed by atoms with E-state index in [-0.39, 0.29) is 0 Å². The predicted octanol–water partition coefficient (Wildman–Crippen LogP) is -0.587. The zero-order valence-electron chi connectivity index (χ0n) is 4.37. The number of rotatable bonds is 3. The lowest BCUT2D eigenvalue weighted by Gasteiger charge is -1.90. The molecule has 0 atom stereocenters. The number of sulfone groups is 1. The van der Waals surface area contributed by atoms with Gasteiger partial charge < -0.3 is 5.11 Å². The van der Waals surface area contributed by atoms with Crippen molar-refractivity contribution in [1.82, 2.24) is 0 Å². The van der Waals surface area contributed by atoms with Crippen molar-refractivity contribution in [3.63, 3.8) is 0 Å². The Morgan fingerprint density at radius 2 is 2.00 bits per heavy atom. The zero-order chi connectivity index (χ0) is 7.49. The van der Waals surface area contributed by atoms with Crippen LogP contribution in [0.4, 0.5) is 4.39 Å². The van der Waals surface area contributed by atoms with Gasteiger partial charge in [0.2, 0.25) is 0 Å². The highest BCUT2D eigenvalue weighted by molar-refractivity contribution is 7.91. The van der Waals surface area contributed by atoms with Gasteiger partial charge in [0, 0.05) is 0 Å². The van der Waals surface area contributed by atoms with E-state index in [0.717, 1.165) is 0 Å². The number of hydrogen-bond acceptors (Lipinski definition) is 3. The van der Waals surface area contributed by atoms with Crippen molar-refractivity contribution in [2.45, 2.75) is 0 Å². The van der Waals surface area contributed by atoms with E-state index in [1.807, 2.05) is 0 Å². The quantitative estimate of drug-likeness (QED) is 0.593. The molecule has 0 spiro atoms. The monoisotopic (exact) mass is 156 g/mol. The van der Waals surface area contributed by atoms with E-state index in [2.05, 4.69) is 0 Å². The summed E-state index contributed by atoms with van der Waals surface area (Å²) in [7, 11) is -3.98. The fourth-order valence-electron chi connectivity index (χ4n) is 0.227. The number of carboxylic acids is 1. The van der Waals surface area contributed by atoms with Gasteiger partial charge in [0.05, 0.1) is 0 Å². The summed E-state index contributed by atoms with van der Waals surface area (Å²) in [5.41, 5.74) is 0. The van der Waals surface area contributed by atoms with Crippen molar-refractivity contribution < 1.29 is 22.7 Å². The Morgan fingerprint density at radius 3 is 2.11 bits per heavy atom. The van der Waals surface area contributed by atoms with E-state index in [4.69, 9.17) is 5.11 Å². The van der Waals surface area contributed by atoms with Gasteiger partial charge in [0.25, 0.3) is 0 Å². The minimum absolute atomic E-state index is 1.14. The lowest BCUT2D eigenvalue weighted by Crippen LogP contribution is -2.15. The molecule has 0 amide bonds. The molecule has 0 aromatic carbocycles. The molecule has 1 N–H and O–H groups in total. The first-order valence-electron chi connectivity index (χ1n) is 1.96. The molecule has 0 bridgehead atoms. The number of alkyl halides is 1. The molecule has 0 saturated carbocycles. The standard InChI is InChI=1S/C3H5FO4S/c4-2-9(7,8)1-3(5)6/h1-2H2,(H,5,6). The molecule has 54 valence electrons. The summed E-state index contributed by atoms with van der Waals surface area (Å²) in [6, 6.07) is -1.61. The van der Waals surface area contributed by atoms with Gasteiger partial charge in [-0.3, -0.25) is 4.79 Å². The highest BCUT2D eigenvalue weighted by Gasteiger charge is 2.14. The Balaban J connectivity index is 4.06.